The lowest BCUT2D eigenvalue weighted by Crippen LogP contribution is -2.17. The molecule has 4 nitrogen and oxygen atoms in total. The highest BCUT2D eigenvalue weighted by Crippen LogP contribution is 2.20. The quantitative estimate of drug-likeness (QED) is 0.837. The Morgan fingerprint density at radius 2 is 2.17 bits per heavy atom. The van der Waals surface area contributed by atoms with E-state index in [0.29, 0.717) is 28.6 Å². The summed E-state index contributed by atoms with van der Waals surface area (Å²) in [5.74, 6) is -0.221. The van der Waals surface area contributed by atoms with Gasteiger partial charge in [0.1, 0.15) is 5.69 Å². The summed E-state index contributed by atoms with van der Waals surface area (Å²) in [7, 11) is 0. The van der Waals surface area contributed by atoms with E-state index in [1.165, 1.54) is 0 Å². The molecule has 0 saturated carbocycles. The number of para-hydroxylation sites is 2. The second kappa shape index (κ2) is 5.14. The van der Waals surface area contributed by atoms with E-state index in [0.717, 1.165) is 0 Å². The molecule has 0 atom stereocenters. The first kappa shape index (κ1) is 12.5. The highest BCUT2D eigenvalue weighted by Gasteiger charge is 2.13. The minimum Gasteiger partial charge on any atom is -0.397 e. The molecule has 2 aromatic rings. The number of nitrogens with zero attached hydrogens (tertiary/aromatic N) is 1. The van der Waals surface area contributed by atoms with Gasteiger partial charge in [-0.2, -0.15) is 0 Å². The van der Waals surface area contributed by atoms with Gasteiger partial charge in [-0.15, -0.1) is 0 Å². The summed E-state index contributed by atoms with van der Waals surface area (Å²) in [5.41, 5.74) is 7.43. The second-order valence-corrected chi connectivity index (χ2v) is 4.31. The van der Waals surface area contributed by atoms with Crippen molar-refractivity contribution < 1.29 is 4.79 Å². The van der Waals surface area contributed by atoms with Gasteiger partial charge in [-0.3, -0.25) is 4.79 Å². The molecule has 0 radical (unpaired) electrons. The van der Waals surface area contributed by atoms with Crippen molar-refractivity contribution in [1.82, 2.24) is 4.57 Å². The number of benzene rings is 1. The monoisotopic (exact) mass is 263 g/mol. The Morgan fingerprint density at radius 1 is 1.44 bits per heavy atom. The molecule has 0 spiro atoms. The van der Waals surface area contributed by atoms with Gasteiger partial charge in [0.2, 0.25) is 0 Å². The number of carbonyl (C=O) groups excluding carboxylic acids is 1. The third-order valence-corrected chi connectivity index (χ3v) is 2.85. The van der Waals surface area contributed by atoms with Crippen LogP contribution >= 0.6 is 11.6 Å². The Bertz CT molecular complexity index is 577. The van der Waals surface area contributed by atoms with E-state index in [-0.39, 0.29) is 5.91 Å². The summed E-state index contributed by atoms with van der Waals surface area (Å²) in [5, 5.41) is 3.32. The van der Waals surface area contributed by atoms with E-state index < -0.39 is 0 Å². The summed E-state index contributed by atoms with van der Waals surface area (Å²) < 4.78 is 1.79. The Kier molecular flexibility index (Phi) is 3.58. The molecule has 1 amide bonds. The molecule has 0 bridgehead atoms. The van der Waals surface area contributed by atoms with Gasteiger partial charge in [-0.05, 0) is 25.1 Å². The topological polar surface area (TPSA) is 60.0 Å². The van der Waals surface area contributed by atoms with Crippen molar-refractivity contribution in [3.63, 3.8) is 0 Å². The smallest absolute Gasteiger partial charge is 0.272 e. The number of aryl methyl sites for hydroxylation is 1. The zero-order valence-electron chi connectivity index (χ0n) is 9.98. The number of halogens is 1. The zero-order chi connectivity index (χ0) is 13.1. The van der Waals surface area contributed by atoms with Crippen LogP contribution in [0.15, 0.2) is 36.5 Å². The van der Waals surface area contributed by atoms with Crippen molar-refractivity contribution in [2.75, 3.05) is 11.1 Å². The van der Waals surface area contributed by atoms with Crippen LogP contribution in [0.3, 0.4) is 0 Å². The van der Waals surface area contributed by atoms with Crippen LogP contribution in [0, 0.1) is 0 Å². The number of carbonyl (C=O) groups is 1. The number of nitrogens with two attached hydrogens (primary N) is 1. The van der Waals surface area contributed by atoms with Crippen LogP contribution in [0.2, 0.25) is 5.02 Å². The van der Waals surface area contributed by atoms with Gasteiger partial charge in [0.25, 0.3) is 5.91 Å². The number of amides is 1. The third kappa shape index (κ3) is 2.49. The number of hydrogen-bond donors (Lipinski definition) is 2. The maximum Gasteiger partial charge on any atom is 0.272 e. The van der Waals surface area contributed by atoms with Crippen molar-refractivity contribution >= 4 is 28.9 Å². The van der Waals surface area contributed by atoms with Gasteiger partial charge in [0, 0.05) is 12.7 Å². The predicted molar refractivity (Wildman–Crippen MR) is 73.9 cm³/mol. The van der Waals surface area contributed by atoms with Crippen molar-refractivity contribution in [2.24, 2.45) is 0 Å². The first-order valence-electron chi connectivity index (χ1n) is 5.63. The summed E-state index contributed by atoms with van der Waals surface area (Å²) in [6.07, 6.45) is 1.73. The van der Waals surface area contributed by atoms with Crippen LogP contribution in [0.1, 0.15) is 17.4 Å². The van der Waals surface area contributed by atoms with Crippen LogP contribution in [0.25, 0.3) is 0 Å². The molecule has 94 valence electrons. The minimum atomic E-state index is -0.221. The van der Waals surface area contributed by atoms with Crippen LogP contribution < -0.4 is 11.1 Å². The number of nitrogen functional groups attached to an aromatic ring is 1. The molecule has 1 aromatic heterocycles. The molecule has 3 N–H and O–H groups in total. The van der Waals surface area contributed by atoms with Gasteiger partial charge >= 0.3 is 0 Å². The predicted octanol–water partition coefficient (Wildman–Crippen LogP) is 3.00. The second-order valence-electron chi connectivity index (χ2n) is 3.87. The fourth-order valence-corrected chi connectivity index (χ4v) is 1.95. The highest BCUT2D eigenvalue weighted by molar-refractivity contribution is 6.31. The Hall–Kier alpha value is -1.94. The Morgan fingerprint density at radius 3 is 2.83 bits per heavy atom. The fraction of sp³-hybridized carbons (Fsp3) is 0.154. The van der Waals surface area contributed by atoms with Crippen molar-refractivity contribution in [3.8, 4) is 0 Å². The molecule has 1 aromatic carbocycles. The fourth-order valence-electron chi connectivity index (χ4n) is 1.72. The lowest BCUT2D eigenvalue weighted by Gasteiger charge is -2.09. The largest absolute Gasteiger partial charge is 0.397 e. The maximum atomic E-state index is 12.1. The van der Waals surface area contributed by atoms with Crippen LogP contribution in [0.5, 0.6) is 0 Å². The van der Waals surface area contributed by atoms with E-state index in [1.807, 2.05) is 19.1 Å². The average Bonchev–Trinajstić information content (AvgIpc) is 2.73. The zero-order valence-corrected chi connectivity index (χ0v) is 10.7. The summed E-state index contributed by atoms with van der Waals surface area (Å²) in [6.45, 7) is 2.63. The van der Waals surface area contributed by atoms with Crippen LogP contribution in [-0.2, 0) is 6.54 Å². The molecule has 2 rings (SSSR count). The van der Waals surface area contributed by atoms with Crippen molar-refractivity contribution in [1.29, 1.82) is 0 Å². The Balaban J connectivity index is 2.25. The lowest BCUT2D eigenvalue weighted by atomic mass is 10.2. The molecular formula is C13H14ClN3O. The number of aromatic nitrogens is 1. The maximum absolute atomic E-state index is 12.1. The van der Waals surface area contributed by atoms with Gasteiger partial charge in [0.05, 0.1) is 16.4 Å². The molecule has 0 aliphatic carbocycles. The van der Waals surface area contributed by atoms with E-state index in [9.17, 15) is 4.79 Å². The average molecular weight is 264 g/mol. The summed E-state index contributed by atoms with van der Waals surface area (Å²) in [4.78, 5) is 12.1. The normalized spacial score (nSPS) is 10.3. The number of nitrogens with one attached hydrogen (secondary N) is 1. The first-order chi connectivity index (χ1) is 8.61. The summed E-state index contributed by atoms with van der Waals surface area (Å²) >= 11 is 5.90. The van der Waals surface area contributed by atoms with Crippen LogP contribution in [-0.4, -0.2) is 10.5 Å². The number of anilines is 2. The van der Waals surface area contributed by atoms with Gasteiger partial charge in [0.15, 0.2) is 0 Å². The molecule has 0 fully saturated rings. The minimum absolute atomic E-state index is 0.221. The van der Waals surface area contributed by atoms with Crippen molar-refractivity contribution in [2.45, 2.75) is 13.5 Å². The molecule has 0 unspecified atom stereocenters. The molecule has 0 aliphatic rings. The molecule has 1 heterocycles. The van der Waals surface area contributed by atoms with E-state index in [2.05, 4.69) is 5.32 Å². The van der Waals surface area contributed by atoms with E-state index in [1.54, 1.807) is 29.0 Å². The van der Waals surface area contributed by atoms with Crippen molar-refractivity contribution in [3.05, 3.63) is 47.2 Å². The molecular weight excluding hydrogens is 250 g/mol. The van der Waals surface area contributed by atoms with Gasteiger partial charge in [-0.25, -0.2) is 0 Å². The standard InChI is InChI=1S/C13H14ClN3O/c1-2-17-8-9(14)7-12(17)13(18)16-11-6-4-3-5-10(11)15/h3-8H,2,15H2,1H3,(H,16,18). The van der Waals surface area contributed by atoms with Gasteiger partial charge in [-0.1, -0.05) is 23.7 Å². The molecule has 0 aliphatic heterocycles. The Labute approximate surface area is 110 Å². The van der Waals surface area contributed by atoms with Gasteiger partial charge < -0.3 is 15.6 Å². The lowest BCUT2D eigenvalue weighted by molar-refractivity contribution is 0.101. The molecule has 0 saturated heterocycles. The molecule has 18 heavy (non-hydrogen) atoms. The third-order valence-electron chi connectivity index (χ3n) is 2.65. The van der Waals surface area contributed by atoms with E-state index >= 15 is 0 Å². The number of rotatable bonds is 3. The summed E-state index contributed by atoms with van der Waals surface area (Å²) in [6, 6.07) is 8.77. The molecule has 5 heteroatoms. The highest BCUT2D eigenvalue weighted by atomic mass is 35.5. The number of hydrogen-bond acceptors (Lipinski definition) is 2. The SMILES string of the molecule is CCn1cc(Cl)cc1C(=O)Nc1ccccc1N. The van der Waals surface area contributed by atoms with E-state index in [4.69, 9.17) is 17.3 Å². The van der Waals surface area contributed by atoms with Crippen LogP contribution in [0.4, 0.5) is 11.4 Å². The first-order valence-corrected chi connectivity index (χ1v) is 6.01.